The van der Waals surface area contributed by atoms with Crippen molar-refractivity contribution in [2.24, 2.45) is 0 Å². The summed E-state index contributed by atoms with van der Waals surface area (Å²) < 4.78 is 5.49. The lowest BCUT2D eigenvalue weighted by Gasteiger charge is -2.16. The van der Waals surface area contributed by atoms with Crippen LogP contribution in [0.15, 0.2) is 39.9 Å². The average molecular weight is 257 g/mol. The van der Waals surface area contributed by atoms with Gasteiger partial charge in [-0.05, 0) is 18.4 Å². The molecule has 4 heteroatoms. The summed E-state index contributed by atoms with van der Waals surface area (Å²) in [6.07, 6.45) is 2.21. The molecule has 1 N–H and O–H groups in total. The maximum absolute atomic E-state index is 11.7. The van der Waals surface area contributed by atoms with Gasteiger partial charge in [-0.2, -0.15) is 0 Å². The first kappa shape index (κ1) is 12.1. The van der Waals surface area contributed by atoms with Gasteiger partial charge in [0.2, 0.25) is 10.9 Å². The first-order valence-corrected chi connectivity index (χ1v) is 6.51. The van der Waals surface area contributed by atoms with Gasteiger partial charge < -0.3 is 10.1 Å². The Kier molecular flexibility index (Phi) is 3.17. The Bertz CT molecular complexity index is 635. The fourth-order valence-electron chi connectivity index (χ4n) is 2.46. The van der Waals surface area contributed by atoms with Crippen LogP contribution in [0.4, 0.5) is 5.69 Å². The molecule has 2 aromatic carbocycles. The Hall–Kier alpha value is -1.94. The van der Waals surface area contributed by atoms with Crippen LogP contribution in [0.2, 0.25) is 0 Å². The minimum Gasteiger partial charge on any atom is -0.379 e. The van der Waals surface area contributed by atoms with Gasteiger partial charge >= 0.3 is 0 Å². The van der Waals surface area contributed by atoms with Crippen molar-refractivity contribution in [1.29, 1.82) is 0 Å². The van der Waals surface area contributed by atoms with Crippen molar-refractivity contribution in [2.75, 3.05) is 18.5 Å². The first-order chi connectivity index (χ1) is 9.27. The second-order valence-electron chi connectivity index (χ2n) is 4.79. The van der Waals surface area contributed by atoms with E-state index in [9.17, 15) is 9.59 Å². The van der Waals surface area contributed by atoms with Crippen LogP contribution in [0.3, 0.4) is 0 Å². The van der Waals surface area contributed by atoms with E-state index in [1.54, 1.807) is 0 Å². The molecule has 0 amide bonds. The summed E-state index contributed by atoms with van der Waals surface area (Å²) in [5.74, 6) is 0. The zero-order chi connectivity index (χ0) is 13.2. The van der Waals surface area contributed by atoms with E-state index in [1.807, 2.05) is 30.3 Å². The van der Waals surface area contributed by atoms with E-state index in [0.29, 0.717) is 17.8 Å². The maximum Gasteiger partial charge on any atom is 0.250 e. The summed E-state index contributed by atoms with van der Waals surface area (Å²) in [6.45, 7) is 1.37. The third-order valence-electron chi connectivity index (χ3n) is 3.50. The van der Waals surface area contributed by atoms with E-state index in [-0.39, 0.29) is 6.10 Å². The highest BCUT2D eigenvalue weighted by Crippen LogP contribution is 2.23. The van der Waals surface area contributed by atoms with Crippen LogP contribution < -0.4 is 16.2 Å². The predicted octanol–water partition coefficient (Wildman–Crippen LogP) is 1.54. The first-order valence-electron chi connectivity index (χ1n) is 6.51. The van der Waals surface area contributed by atoms with Crippen LogP contribution in [-0.2, 0) is 4.74 Å². The van der Waals surface area contributed by atoms with E-state index < -0.39 is 10.9 Å². The lowest BCUT2D eigenvalue weighted by molar-refractivity contribution is 0.120. The summed E-state index contributed by atoms with van der Waals surface area (Å²) in [4.78, 5) is 23.3. The molecule has 0 saturated carbocycles. The Balaban J connectivity index is 1.80. The molecular formula is C15H15NO3. The van der Waals surface area contributed by atoms with Gasteiger partial charge in [0.25, 0.3) is 0 Å². The third-order valence-corrected chi connectivity index (χ3v) is 3.50. The molecule has 19 heavy (non-hydrogen) atoms. The molecule has 4 nitrogen and oxygen atoms in total. The van der Waals surface area contributed by atoms with Gasteiger partial charge in [0.15, 0.2) is 0 Å². The van der Waals surface area contributed by atoms with Gasteiger partial charge in [0.05, 0.1) is 17.4 Å². The molecule has 0 aromatic heterocycles. The zero-order valence-electron chi connectivity index (χ0n) is 10.5. The second kappa shape index (κ2) is 4.97. The Morgan fingerprint density at radius 2 is 1.95 bits per heavy atom. The number of benzene rings is 1. The maximum atomic E-state index is 11.7. The monoisotopic (exact) mass is 257 g/mol. The molecule has 0 radical (unpaired) electrons. The van der Waals surface area contributed by atoms with E-state index in [0.717, 1.165) is 25.0 Å². The van der Waals surface area contributed by atoms with Crippen molar-refractivity contribution in [3.63, 3.8) is 0 Å². The molecule has 0 bridgehead atoms. The van der Waals surface area contributed by atoms with Crippen molar-refractivity contribution in [3.8, 4) is 11.1 Å². The summed E-state index contributed by atoms with van der Waals surface area (Å²) in [7, 11) is 0. The number of rotatable bonds is 4. The van der Waals surface area contributed by atoms with Crippen LogP contribution in [0.1, 0.15) is 12.8 Å². The quantitative estimate of drug-likeness (QED) is 0.844. The fourth-order valence-corrected chi connectivity index (χ4v) is 2.46. The molecule has 1 aliphatic heterocycles. The number of ether oxygens (including phenoxy) is 1. The molecule has 2 aromatic rings. The molecule has 1 aliphatic rings. The molecule has 1 unspecified atom stereocenters. The number of hydrogen-bond acceptors (Lipinski definition) is 4. The van der Waals surface area contributed by atoms with Crippen molar-refractivity contribution < 1.29 is 4.74 Å². The third kappa shape index (κ3) is 2.19. The van der Waals surface area contributed by atoms with Gasteiger partial charge in [0.1, 0.15) is 0 Å². The van der Waals surface area contributed by atoms with Crippen LogP contribution in [0.25, 0.3) is 11.1 Å². The summed E-state index contributed by atoms with van der Waals surface area (Å²) in [6, 6.07) is 9.28. The highest BCUT2D eigenvalue weighted by atomic mass is 16.5. The minimum atomic E-state index is -0.420. The molecule has 0 aliphatic carbocycles. The lowest BCUT2D eigenvalue weighted by atomic mass is 9.98. The Morgan fingerprint density at radius 1 is 1.16 bits per heavy atom. The normalized spacial score (nSPS) is 18.8. The van der Waals surface area contributed by atoms with E-state index >= 15 is 0 Å². The van der Waals surface area contributed by atoms with Crippen LogP contribution in [-0.4, -0.2) is 19.3 Å². The van der Waals surface area contributed by atoms with Crippen molar-refractivity contribution in [1.82, 2.24) is 0 Å². The van der Waals surface area contributed by atoms with Crippen LogP contribution >= 0.6 is 0 Å². The molecule has 1 saturated heterocycles. The topological polar surface area (TPSA) is 55.4 Å². The van der Waals surface area contributed by atoms with Gasteiger partial charge in [-0.15, -0.1) is 0 Å². The SMILES string of the molecule is O=c1c(NCC2CCCO2)c(-c2ccccc2)c1=O. The molecular weight excluding hydrogens is 242 g/mol. The summed E-state index contributed by atoms with van der Waals surface area (Å²) in [5.41, 5.74) is 0.912. The Morgan fingerprint density at radius 3 is 2.63 bits per heavy atom. The highest BCUT2D eigenvalue weighted by Gasteiger charge is 2.23. The second-order valence-corrected chi connectivity index (χ2v) is 4.79. The van der Waals surface area contributed by atoms with Gasteiger partial charge in [-0.3, -0.25) is 9.59 Å². The number of anilines is 1. The van der Waals surface area contributed by atoms with Gasteiger partial charge in [-0.25, -0.2) is 0 Å². The average Bonchev–Trinajstić information content (AvgIpc) is 2.96. The minimum absolute atomic E-state index is 0.146. The van der Waals surface area contributed by atoms with E-state index in [4.69, 9.17) is 4.74 Å². The van der Waals surface area contributed by atoms with Gasteiger partial charge in [-0.1, -0.05) is 30.3 Å². The molecule has 98 valence electrons. The highest BCUT2D eigenvalue weighted by molar-refractivity contribution is 5.81. The molecule has 1 heterocycles. The lowest BCUT2D eigenvalue weighted by Crippen LogP contribution is -2.37. The van der Waals surface area contributed by atoms with E-state index in [1.165, 1.54) is 0 Å². The number of hydrogen-bond donors (Lipinski definition) is 1. The molecule has 1 atom stereocenters. The Labute approximate surface area is 110 Å². The summed E-state index contributed by atoms with van der Waals surface area (Å²) in [5, 5.41) is 3.07. The molecule has 0 spiro atoms. The number of nitrogens with one attached hydrogen (secondary N) is 1. The van der Waals surface area contributed by atoms with Crippen molar-refractivity contribution in [3.05, 3.63) is 50.8 Å². The fraction of sp³-hybridized carbons (Fsp3) is 0.333. The van der Waals surface area contributed by atoms with Gasteiger partial charge in [0, 0.05) is 13.2 Å². The largest absolute Gasteiger partial charge is 0.379 e. The molecule has 3 rings (SSSR count). The standard InChI is InChI=1S/C15H15NO3/c17-14-12(10-5-2-1-3-6-10)13(15(14)18)16-9-11-7-4-8-19-11/h1-3,5-6,11,16H,4,7-9H2. The van der Waals surface area contributed by atoms with Crippen molar-refractivity contribution >= 4 is 5.69 Å². The van der Waals surface area contributed by atoms with Crippen molar-refractivity contribution in [2.45, 2.75) is 18.9 Å². The summed E-state index contributed by atoms with van der Waals surface area (Å²) >= 11 is 0. The van der Waals surface area contributed by atoms with Crippen LogP contribution in [0.5, 0.6) is 0 Å². The predicted molar refractivity (Wildman–Crippen MR) is 74.3 cm³/mol. The van der Waals surface area contributed by atoms with E-state index in [2.05, 4.69) is 5.32 Å². The molecule has 1 fully saturated rings. The van der Waals surface area contributed by atoms with Crippen LogP contribution in [0, 0.1) is 0 Å². The zero-order valence-corrected chi connectivity index (χ0v) is 10.5. The smallest absolute Gasteiger partial charge is 0.250 e.